The van der Waals surface area contributed by atoms with Crippen molar-refractivity contribution >= 4 is 21.8 Å². The van der Waals surface area contributed by atoms with E-state index < -0.39 is 0 Å². The zero-order chi connectivity index (χ0) is 13.1. The zero-order valence-corrected chi connectivity index (χ0v) is 11.9. The molecule has 0 saturated heterocycles. The number of nitrogens with zero attached hydrogens (tertiary/aromatic N) is 1. The number of aromatic nitrogens is 1. The van der Waals surface area contributed by atoms with E-state index in [1.54, 1.807) is 6.07 Å². The monoisotopic (exact) mass is 312 g/mol. The summed E-state index contributed by atoms with van der Waals surface area (Å²) in [5.41, 5.74) is 1.44. The first kappa shape index (κ1) is 13.5. The first-order valence-electron chi connectivity index (χ1n) is 6.18. The van der Waals surface area contributed by atoms with Crippen molar-refractivity contribution in [1.82, 2.24) is 10.3 Å². The molecule has 1 aliphatic carbocycles. The van der Waals surface area contributed by atoms with Gasteiger partial charge in [0.05, 0.1) is 11.7 Å². The number of rotatable bonds is 2. The molecule has 1 heterocycles. The van der Waals surface area contributed by atoms with Gasteiger partial charge in [-0.25, -0.2) is 4.98 Å². The molecule has 0 unspecified atom stereocenters. The molecule has 4 nitrogen and oxygen atoms in total. The van der Waals surface area contributed by atoms with Gasteiger partial charge in [-0.1, -0.05) is 0 Å². The van der Waals surface area contributed by atoms with Crippen molar-refractivity contribution in [2.75, 3.05) is 0 Å². The Morgan fingerprint density at radius 3 is 2.67 bits per heavy atom. The van der Waals surface area contributed by atoms with E-state index in [2.05, 4.69) is 26.2 Å². The molecular formula is C13H17BrN2O2. The van der Waals surface area contributed by atoms with Crippen LogP contribution in [-0.2, 0) is 0 Å². The van der Waals surface area contributed by atoms with Crippen LogP contribution in [0.5, 0.6) is 0 Å². The minimum atomic E-state index is -0.203. The van der Waals surface area contributed by atoms with Gasteiger partial charge in [0, 0.05) is 11.7 Å². The molecule has 1 aromatic heterocycles. The third-order valence-corrected chi connectivity index (χ3v) is 3.87. The number of nitrogens with one attached hydrogen (secondary N) is 1. The molecule has 1 fully saturated rings. The van der Waals surface area contributed by atoms with Crippen LogP contribution in [0.4, 0.5) is 0 Å². The number of aliphatic hydroxyl groups excluding tert-OH is 1. The van der Waals surface area contributed by atoms with Gasteiger partial charge < -0.3 is 10.4 Å². The molecule has 2 rings (SSSR count). The van der Waals surface area contributed by atoms with Crippen molar-refractivity contribution in [2.24, 2.45) is 0 Å². The second-order valence-corrected chi connectivity index (χ2v) is 5.52. The maximum atomic E-state index is 12.1. The summed E-state index contributed by atoms with van der Waals surface area (Å²) in [6, 6.07) is 3.76. The molecule has 1 amide bonds. The van der Waals surface area contributed by atoms with Gasteiger partial charge in [0.1, 0.15) is 4.60 Å². The molecule has 5 heteroatoms. The standard InChI is InChI=1S/C13H17BrN2O2/c1-8-2-7-11(12(14)15-8)13(18)16-9-3-5-10(17)6-4-9/h2,7,9-10,17H,3-6H2,1H3,(H,16,18). The lowest BCUT2D eigenvalue weighted by Gasteiger charge is -2.26. The Kier molecular flexibility index (Phi) is 4.35. The molecule has 0 aromatic carbocycles. The van der Waals surface area contributed by atoms with E-state index in [4.69, 9.17) is 0 Å². The molecule has 0 spiro atoms. The fourth-order valence-corrected chi connectivity index (χ4v) is 2.77. The Bertz CT molecular complexity index is 443. The van der Waals surface area contributed by atoms with Gasteiger partial charge in [-0.15, -0.1) is 0 Å². The van der Waals surface area contributed by atoms with E-state index in [-0.39, 0.29) is 18.1 Å². The number of hydrogen-bond acceptors (Lipinski definition) is 3. The summed E-state index contributed by atoms with van der Waals surface area (Å²) in [6.45, 7) is 1.88. The Morgan fingerprint density at radius 2 is 2.06 bits per heavy atom. The fraction of sp³-hybridized carbons (Fsp3) is 0.538. The summed E-state index contributed by atoms with van der Waals surface area (Å²) in [7, 11) is 0. The molecule has 1 saturated carbocycles. The Morgan fingerprint density at radius 1 is 1.39 bits per heavy atom. The zero-order valence-electron chi connectivity index (χ0n) is 10.3. The number of hydrogen-bond donors (Lipinski definition) is 2. The largest absolute Gasteiger partial charge is 0.393 e. The maximum absolute atomic E-state index is 12.1. The van der Waals surface area contributed by atoms with Crippen LogP contribution >= 0.6 is 15.9 Å². The first-order chi connectivity index (χ1) is 8.56. The second-order valence-electron chi connectivity index (χ2n) is 4.77. The summed E-state index contributed by atoms with van der Waals surface area (Å²) in [5.74, 6) is -0.101. The van der Waals surface area contributed by atoms with Gasteiger partial charge in [-0.05, 0) is 60.7 Å². The third kappa shape index (κ3) is 3.29. The minimum Gasteiger partial charge on any atom is -0.393 e. The number of aryl methyl sites for hydroxylation is 1. The van der Waals surface area contributed by atoms with E-state index >= 15 is 0 Å². The highest BCUT2D eigenvalue weighted by molar-refractivity contribution is 9.10. The van der Waals surface area contributed by atoms with Crippen LogP contribution < -0.4 is 5.32 Å². The second kappa shape index (κ2) is 5.80. The Hall–Kier alpha value is -0.940. The quantitative estimate of drug-likeness (QED) is 0.823. The highest BCUT2D eigenvalue weighted by atomic mass is 79.9. The predicted molar refractivity (Wildman–Crippen MR) is 72.4 cm³/mol. The average Bonchev–Trinajstić information content (AvgIpc) is 2.32. The summed E-state index contributed by atoms with van der Waals surface area (Å²) in [5, 5.41) is 12.4. The van der Waals surface area contributed by atoms with Crippen molar-refractivity contribution in [3.05, 3.63) is 28.0 Å². The minimum absolute atomic E-state index is 0.101. The molecule has 1 aromatic rings. The van der Waals surface area contributed by atoms with Crippen LogP contribution in [0.2, 0.25) is 0 Å². The molecule has 0 radical (unpaired) electrons. The SMILES string of the molecule is Cc1ccc(C(=O)NC2CCC(O)CC2)c(Br)n1. The molecule has 1 aliphatic rings. The van der Waals surface area contributed by atoms with Gasteiger partial charge in [-0.3, -0.25) is 4.79 Å². The highest BCUT2D eigenvalue weighted by Crippen LogP contribution is 2.20. The number of amides is 1. The van der Waals surface area contributed by atoms with Crippen LogP contribution in [0.3, 0.4) is 0 Å². The number of pyridine rings is 1. The fourth-order valence-electron chi connectivity index (χ4n) is 2.18. The van der Waals surface area contributed by atoms with Crippen LogP contribution in [0, 0.1) is 6.92 Å². The third-order valence-electron chi connectivity index (χ3n) is 3.26. The van der Waals surface area contributed by atoms with Crippen molar-refractivity contribution in [2.45, 2.75) is 44.8 Å². The molecule has 0 aliphatic heterocycles. The van der Waals surface area contributed by atoms with Crippen molar-refractivity contribution in [3.63, 3.8) is 0 Å². The Balaban J connectivity index is 1.99. The summed E-state index contributed by atoms with van der Waals surface area (Å²) in [4.78, 5) is 16.3. The lowest BCUT2D eigenvalue weighted by molar-refractivity contribution is 0.0866. The van der Waals surface area contributed by atoms with E-state index in [0.717, 1.165) is 31.4 Å². The first-order valence-corrected chi connectivity index (χ1v) is 6.97. The molecule has 0 bridgehead atoms. The molecule has 98 valence electrons. The van der Waals surface area contributed by atoms with E-state index in [1.807, 2.05) is 13.0 Å². The average molecular weight is 313 g/mol. The van der Waals surface area contributed by atoms with Crippen LogP contribution in [-0.4, -0.2) is 28.1 Å². The highest BCUT2D eigenvalue weighted by Gasteiger charge is 2.22. The van der Waals surface area contributed by atoms with Crippen LogP contribution in [0.25, 0.3) is 0 Å². The lowest BCUT2D eigenvalue weighted by atomic mass is 9.93. The van der Waals surface area contributed by atoms with E-state index in [0.29, 0.717) is 10.2 Å². The molecular weight excluding hydrogens is 296 g/mol. The van der Waals surface area contributed by atoms with Crippen LogP contribution in [0.15, 0.2) is 16.7 Å². The summed E-state index contributed by atoms with van der Waals surface area (Å²) >= 11 is 3.31. The van der Waals surface area contributed by atoms with Gasteiger partial charge >= 0.3 is 0 Å². The summed E-state index contributed by atoms with van der Waals surface area (Å²) < 4.78 is 0.579. The van der Waals surface area contributed by atoms with Crippen LogP contribution in [0.1, 0.15) is 41.7 Å². The van der Waals surface area contributed by atoms with Crippen molar-refractivity contribution < 1.29 is 9.90 Å². The number of carbonyl (C=O) groups excluding carboxylic acids is 1. The van der Waals surface area contributed by atoms with Gasteiger partial charge in [0.15, 0.2) is 0 Å². The predicted octanol–water partition coefficient (Wildman–Crippen LogP) is 2.19. The lowest BCUT2D eigenvalue weighted by Crippen LogP contribution is -2.38. The summed E-state index contributed by atoms with van der Waals surface area (Å²) in [6.07, 6.45) is 3.00. The topological polar surface area (TPSA) is 62.2 Å². The van der Waals surface area contributed by atoms with Gasteiger partial charge in [0.2, 0.25) is 0 Å². The normalized spacial score (nSPS) is 23.7. The van der Waals surface area contributed by atoms with E-state index in [9.17, 15) is 9.90 Å². The Labute approximate surface area is 115 Å². The molecule has 18 heavy (non-hydrogen) atoms. The van der Waals surface area contributed by atoms with Crippen molar-refractivity contribution in [3.8, 4) is 0 Å². The smallest absolute Gasteiger partial charge is 0.254 e. The molecule has 0 atom stereocenters. The number of halogens is 1. The van der Waals surface area contributed by atoms with Crippen molar-refractivity contribution in [1.29, 1.82) is 0 Å². The number of aliphatic hydroxyl groups is 1. The van der Waals surface area contributed by atoms with Gasteiger partial charge in [0.25, 0.3) is 5.91 Å². The van der Waals surface area contributed by atoms with E-state index in [1.165, 1.54) is 0 Å². The molecule has 2 N–H and O–H groups in total. The van der Waals surface area contributed by atoms with Gasteiger partial charge in [-0.2, -0.15) is 0 Å². The maximum Gasteiger partial charge on any atom is 0.254 e. The number of carbonyl (C=O) groups is 1.